The average molecular weight is 294 g/mol. The molecule has 0 aliphatic heterocycles. The maximum absolute atomic E-state index is 12.3. The minimum absolute atomic E-state index is 0.142. The van der Waals surface area contributed by atoms with Crippen LogP contribution < -0.4 is 5.32 Å². The van der Waals surface area contributed by atoms with Gasteiger partial charge in [0.2, 0.25) is 5.91 Å². The molecule has 1 aliphatic carbocycles. The van der Waals surface area contributed by atoms with Crippen LogP contribution in [0.25, 0.3) is 0 Å². The van der Waals surface area contributed by atoms with E-state index in [1.54, 1.807) is 0 Å². The number of carbonyl (C=O) groups is 1. The van der Waals surface area contributed by atoms with E-state index in [4.69, 9.17) is 11.6 Å². The molecular formula is C17H24ClNO. The molecule has 0 radical (unpaired) electrons. The highest BCUT2D eigenvalue weighted by molar-refractivity contribution is 6.32. The second-order valence-electron chi connectivity index (χ2n) is 5.67. The van der Waals surface area contributed by atoms with E-state index < -0.39 is 0 Å². The van der Waals surface area contributed by atoms with E-state index in [0.717, 1.165) is 29.1 Å². The first-order valence-electron chi connectivity index (χ1n) is 7.75. The SMILES string of the molecule is CCc1ccc(Cl)c(CC)c1NC(=O)CC1CCCC1. The number of halogens is 1. The van der Waals surface area contributed by atoms with E-state index in [1.165, 1.54) is 31.2 Å². The van der Waals surface area contributed by atoms with Crippen molar-refractivity contribution in [3.8, 4) is 0 Å². The predicted molar refractivity (Wildman–Crippen MR) is 85.4 cm³/mol. The van der Waals surface area contributed by atoms with Gasteiger partial charge in [-0.15, -0.1) is 0 Å². The third kappa shape index (κ3) is 3.54. The van der Waals surface area contributed by atoms with Gasteiger partial charge in [0.1, 0.15) is 0 Å². The van der Waals surface area contributed by atoms with Crippen LogP contribution in [0.3, 0.4) is 0 Å². The van der Waals surface area contributed by atoms with Crippen molar-refractivity contribution in [1.29, 1.82) is 0 Å². The third-order valence-electron chi connectivity index (χ3n) is 4.29. The van der Waals surface area contributed by atoms with Crippen LogP contribution in [0.15, 0.2) is 12.1 Å². The van der Waals surface area contributed by atoms with Gasteiger partial charge in [-0.2, -0.15) is 0 Å². The summed E-state index contributed by atoms with van der Waals surface area (Å²) in [5.74, 6) is 0.716. The zero-order chi connectivity index (χ0) is 14.5. The van der Waals surface area contributed by atoms with Crippen LogP contribution in [0.1, 0.15) is 57.1 Å². The van der Waals surface area contributed by atoms with E-state index in [9.17, 15) is 4.79 Å². The summed E-state index contributed by atoms with van der Waals surface area (Å²) in [7, 11) is 0. The number of nitrogens with one attached hydrogen (secondary N) is 1. The molecule has 0 aromatic heterocycles. The van der Waals surface area contributed by atoms with Crippen molar-refractivity contribution in [2.24, 2.45) is 5.92 Å². The Morgan fingerprint density at radius 2 is 1.95 bits per heavy atom. The Hall–Kier alpha value is -1.02. The van der Waals surface area contributed by atoms with Crippen molar-refractivity contribution in [2.45, 2.75) is 58.8 Å². The van der Waals surface area contributed by atoms with Crippen LogP contribution in [0.2, 0.25) is 5.02 Å². The molecule has 0 saturated heterocycles. The Morgan fingerprint density at radius 3 is 2.55 bits per heavy atom. The molecule has 1 saturated carbocycles. The number of benzene rings is 1. The van der Waals surface area contributed by atoms with Crippen molar-refractivity contribution in [3.63, 3.8) is 0 Å². The Bertz CT molecular complexity index is 478. The van der Waals surface area contributed by atoms with Gasteiger partial charge in [0.15, 0.2) is 0 Å². The first-order valence-corrected chi connectivity index (χ1v) is 8.13. The molecule has 0 unspecified atom stereocenters. The number of hydrogen-bond donors (Lipinski definition) is 1. The standard InChI is InChI=1S/C17H24ClNO/c1-3-13-9-10-15(18)14(4-2)17(13)19-16(20)11-12-7-5-6-8-12/h9-10,12H,3-8,11H2,1-2H3,(H,19,20). The van der Waals surface area contributed by atoms with Crippen molar-refractivity contribution < 1.29 is 4.79 Å². The van der Waals surface area contributed by atoms with Crippen LogP contribution in [0.5, 0.6) is 0 Å². The molecule has 2 nitrogen and oxygen atoms in total. The molecule has 3 heteroatoms. The topological polar surface area (TPSA) is 29.1 Å². The normalized spacial score (nSPS) is 15.6. The van der Waals surface area contributed by atoms with Crippen molar-refractivity contribution in [3.05, 3.63) is 28.3 Å². The molecule has 1 aliphatic rings. The molecule has 1 N–H and O–H groups in total. The summed E-state index contributed by atoms with van der Waals surface area (Å²) in [4.78, 5) is 12.3. The second-order valence-corrected chi connectivity index (χ2v) is 6.08. The van der Waals surface area contributed by atoms with Crippen molar-refractivity contribution in [2.75, 3.05) is 5.32 Å². The number of carbonyl (C=O) groups excluding carboxylic acids is 1. The van der Waals surface area contributed by atoms with E-state index in [0.29, 0.717) is 12.3 Å². The van der Waals surface area contributed by atoms with Gasteiger partial charge < -0.3 is 5.32 Å². The van der Waals surface area contributed by atoms with Crippen LogP contribution in [-0.4, -0.2) is 5.91 Å². The molecule has 0 spiro atoms. The zero-order valence-corrected chi connectivity index (χ0v) is 13.2. The zero-order valence-electron chi connectivity index (χ0n) is 12.5. The fraction of sp³-hybridized carbons (Fsp3) is 0.588. The predicted octanol–water partition coefficient (Wildman–Crippen LogP) is 4.98. The Morgan fingerprint density at radius 1 is 1.25 bits per heavy atom. The lowest BCUT2D eigenvalue weighted by molar-refractivity contribution is -0.117. The second kappa shape index (κ2) is 7.12. The Balaban J connectivity index is 2.14. The molecule has 110 valence electrons. The highest BCUT2D eigenvalue weighted by Gasteiger charge is 2.20. The minimum Gasteiger partial charge on any atom is -0.326 e. The molecule has 1 aromatic carbocycles. The molecular weight excluding hydrogens is 270 g/mol. The third-order valence-corrected chi connectivity index (χ3v) is 4.64. The fourth-order valence-corrected chi connectivity index (χ4v) is 3.43. The molecule has 20 heavy (non-hydrogen) atoms. The van der Waals surface area contributed by atoms with E-state index >= 15 is 0 Å². The maximum atomic E-state index is 12.3. The molecule has 0 bridgehead atoms. The lowest BCUT2D eigenvalue weighted by atomic mass is 10.0. The summed E-state index contributed by atoms with van der Waals surface area (Å²) >= 11 is 6.26. The number of rotatable bonds is 5. The summed E-state index contributed by atoms with van der Waals surface area (Å²) in [6.45, 7) is 4.18. The van der Waals surface area contributed by atoms with Gasteiger partial charge in [-0.1, -0.05) is 44.4 Å². The highest BCUT2D eigenvalue weighted by Crippen LogP contribution is 2.31. The van der Waals surface area contributed by atoms with Crippen LogP contribution >= 0.6 is 11.6 Å². The van der Waals surface area contributed by atoms with E-state index in [-0.39, 0.29) is 5.91 Å². The summed E-state index contributed by atoms with van der Waals surface area (Å²) in [5.41, 5.74) is 3.18. The van der Waals surface area contributed by atoms with E-state index in [2.05, 4.69) is 19.2 Å². The van der Waals surface area contributed by atoms with Crippen molar-refractivity contribution >= 4 is 23.2 Å². The maximum Gasteiger partial charge on any atom is 0.224 e. The quantitative estimate of drug-likeness (QED) is 0.814. The van der Waals surface area contributed by atoms with Crippen molar-refractivity contribution in [1.82, 2.24) is 0 Å². The van der Waals surface area contributed by atoms with Crippen LogP contribution in [0.4, 0.5) is 5.69 Å². The molecule has 1 fully saturated rings. The van der Waals surface area contributed by atoms with Crippen LogP contribution in [-0.2, 0) is 17.6 Å². The first kappa shape index (κ1) is 15.4. The lowest BCUT2D eigenvalue weighted by Crippen LogP contribution is -2.17. The number of amides is 1. The van der Waals surface area contributed by atoms with Crippen LogP contribution in [0, 0.1) is 5.92 Å². The van der Waals surface area contributed by atoms with Gasteiger partial charge >= 0.3 is 0 Å². The van der Waals surface area contributed by atoms with Gasteiger partial charge in [0, 0.05) is 17.1 Å². The van der Waals surface area contributed by atoms with Gasteiger partial charge in [0.05, 0.1) is 0 Å². The summed E-state index contributed by atoms with van der Waals surface area (Å²) in [5, 5.41) is 3.88. The van der Waals surface area contributed by atoms with Gasteiger partial charge in [-0.3, -0.25) is 4.79 Å². The fourth-order valence-electron chi connectivity index (χ4n) is 3.13. The van der Waals surface area contributed by atoms with Gasteiger partial charge in [0.25, 0.3) is 0 Å². The molecule has 1 aromatic rings. The number of aryl methyl sites for hydroxylation is 1. The first-order chi connectivity index (χ1) is 9.65. The summed E-state index contributed by atoms with van der Waals surface area (Å²) in [6, 6.07) is 3.96. The molecule has 0 heterocycles. The molecule has 0 atom stereocenters. The number of hydrogen-bond acceptors (Lipinski definition) is 1. The minimum atomic E-state index is 0.142. The smallest absolute Gasteiger partial charge is 0.224 e. The molecule has 1 amide bonds. The summed E-state index contributed by atoms with van der Waals surface area (Å²) in [6.07, 6.45) is 7.34. The Labute approximate surface area is 126 Å². The average Bonchev–Trinajstić information content (AvgIpc) is 2.92. The van der Waals surface area contributed by atoms with Gasteiger partial charge in [-0.25, -0.2) is 0 Å². The summed E-state index contributed by atoms with van der Waals surface area (Å²) < 4.78 is 0. The number of anilines is 1. The Kier molecular flexibility index (Phi) is 5.47. The monoisotopic (exact) mass is 293 g/mol. The lowest BCUT2D eigenvalue weighted by Gasteiger charge is -2.17. The largest absolute Gasteiger partial charge is 0.326 e. The highest BCUT2D eigenvalue weighted by atomic mass is 35.5. The molecule has 2 rings (SSSR count). The van der Waals surface area contributed by atoms with E-state index in [1.807, 2.05) is 12.1 Å². The van der Waals surface area contributed by atoms with Gasteiger partial charge in [-0.05, 0) is 48.8 Å².